The molecule has 0 bridgehead atoms. The van der Waals surface area contributed by atoms with E-state index in [1.807, 2.05) is 0 Å². The van der Waals surface area contributed by atoms with Crippen LogP contribution in [0.2, 0.25) is 0 Å². The van der Waals surface area contributed by atoms with Crippen LogP contribution in [0.4, 0.5) is 5.69 Å². The van der Waals surface area contributed by atoms with Gasteiger partial charge < -0.3 is 62.2 Å². The quantitative estimate of drug-likeness (QED) is 0.0460. The van der Waals surface area contributed by atoms with E-state index in [0.717, 1.165) is 5.69 Å². The fourth-order valence-corrected chi connectivity index (χ4v) is 4.10. The Labute approximate surface area is 317 Å². The van der Waals surface area contributed by atoms with Crippen molar-refractivity contribution < 1.29 is 71.2 Å². The minimum atomic E-state index is -0.901. The lowest BCUT2D eigenvalue weighted by Crippen LogP contribution is -2.20. The molecule has 0 radical (unpaired) electrons. The smallest absolute Gasteiger partial charge is 0.379 e. The van der Waals surface area contributed by atoms with Gasteiger partial charge in [-0.05, 0) is 24.3 Å². The van der Waals surface area contributed by atoms with Crippen LogP contribution in [-0.4, -0.2) is 163 Å². The van der Waals surface area contributed by atoms with Gasteiger partial charge in [0.2, 0.25) is 5.91 Å². The van der Waals surface area contributed by atoms with Crippen molar-refractivity contribution >= 4 is 23.3 Å². The van der Waals surface area contributed by atoms with Crippen molar-refractivity contribution in [1.82, 2.24) is 0 Å². The van der Waals surface area contributed by atoms with Gasteiger partial charge in [-0.2, -0.15) is 0 Å². The highest BCUT2D eigenvalue weighted by Gasteiger charge is 2.17. The first-order valence-corrected chi connectivity index (χ1v) is 18.1. The lowest BCUT2D eigenvalue weighted by atomic mass is 10.1. The molecule has 16 heteroatoms. The van der Waals surface area contributed by atoms with Crippen molar-refractivity contribution in [2.75, 3.05) is 151 Å². The monoisotopic (exact) mass is 767 g/mol. The molecule has 0 heterocycles. The van der Waals surface area contributed by atoms with Crippen molar-refractivity contribution in [1.29, 1.82) is 0 Å². The zero-order chi connectivity index (χ0) is 38.6. The van der Waals surface area contributed by atoms with Gasteiger partial charge in [0, 0.05) is 18.2 Å². The first-order chi connectivity index (χ1) is 26.6. The van der Waals surface area contributed by atoms with Crippen molar-refractivity contribution in [2.45, 2.75) is 6.92 Å². The molecule has 0 aliphatic rings. The Bertz CT molecular complexity index is 1200. The molecular formula is C38H57NO15. The fourth-order valence-electron chi connectivity index (χ4n) is 4.10. The predicted molar refractivity (Wildman–Crippen MR) is 196 cm³/mol. The van der Waals surface area contributed by atoms with Crippen LogP contribution in [0.1, 0.15) is 17.3 Å². The van der Waals surface area contributed by atoms with Crippen molar-refractivity contribution in [3.05, 3.63) is 60.2 Å². The number of hydrogen-bond acceptors (Lipinski definition) is 15. The Kier molecular flexibility index (Phi) is 29.3. The number of nitrogens with one attached hydrogen (secondary N) is 1. The highest BCUT2D eigenvalue weighted by Crippen LogP contribution is 2.15. The maximum Gasteiger partial charge on any atom is 0.379 e. The van der Waals surface area contributed by atoms with Crippen LogP contribution in [0.3, 0.4) is 0 Å². The number of carbonyl (C=O) groups is 3. The molecule has 0 spiro atoms. The average molecular weight is 768 g/mol. The minimum Gasteiger partial charge on any atom is -0.491 e. The predicted octanol–water partition coefficient (Wildman–Crippen LogP) is 2.62. The number of ether oxygens (including phenoxy) is 12. The van der Waals surface area contributed by atoms with Crippen molar-refractivity contribution in [3.63, 3.8) is 0 Å². The molecule has 2 rings (SSSR count). The number of amides is 1. The molecule has 1 N–H and O–H groups in total. The summed E-state index contributed by atoms with van der Waals surface area (Å²) in [5, 5.41) is 2.71. The maximum absolute atomic E-state index is 11.9. The van der Waals surface area contributed by atoms with Gasteiger partial charge in [-0.1, -0.05) is 30.3 Å². The van der Waals surface area contributed by atoms with Gasteiger partial charge in [-0.15, -0.1) is 0 Å². The Morgan fingerprint density at radius 3 is 1.11 bits per heavy atom. The van der Waals surface area contributed by atoms with E-state index in [-0.39, 0.29) is 19.1 Å². The maximum atomic E-state index is 11.9. The third kappa shape index (κ3) is 27.1. The molecule has 0 saturated carbocycles. The largest absolute Gasteiger partial charge is 0.491 e. The molecule has 0 aromatic heterocycles. The number of carbonyl (C=O) groups excluding carboxylic acids is 3. The topological polar surface area (TPSA) is 174 Å². The molecule has 1 amide bonds. The lowest BCUT2D eigenvalue weighted by molar-refractivity contribution is -0.139. The number of ketones is 1. The molecule has 16 nitrogen and oxygen atoms in total. The van der Waals surface area contributed by atoms with Crippen LogP contribution >= 0.6 is 0 Å². The van der Waals surface area contributed by atoms with E-state index < -0.39 is 11.8 Å². The molecule has 0 aliphatic heterocycles. The second-order valence-corrected chi connectivity index (χ2v) is 11.0. The summed E-state index contributed by atoms with van der Waals surface area (Å²) in [4.78, 5) is 34.7. The van der Waals surface area contributed by atoms with Crippen molar-refractivity contribution in [3.8, 4) is 5.75 Å². The first kappa shape index (κ1) is 46.6. The summed E-state index contributed by atoms with van der Waals surface area (Å²) >= 11 is 0. The Balaban J connectivity index is 1.17. The molecule has 0 unspecified atom stereocenters. The number of Topliss-reactive ketones (excluding diaryl/α,β-unsaturated/α-hetero) is 1. The lowest BCUT2D eigenvalue weighted by Gasteiger charge is -2.09. The van der Waals surface area contributed by atoms with E-state index >= 15 is 0 Å². The minimum absolute atomic E-state index is 0.00799. The summed E-state index contributed by atoms with van der Waals surface area (Å²) in [5.41, 5.74) is 1.02. The van der Waals surface area contributed by atoms with Gasteiger partial charge in [0.25, 0.3) is 5.78 Å². The van der Waals surface area contributed by atoms with E-state index in [0.29, 0.717) is 143 Å². The van der Waals surface area contributed by atoms with Crippen LogP contribution in [0, 0.1) is 0 Å². The zero-order valence-electron chi connectivity index (χ0n) is 31.4. The summed E-state index contributed by atoms with van der Waals surface area (Å²) in [6.07, 6.45) is 0. The van der Waals surface area contributed by atoms with Crippen molar-refractivity contribution in [2.24, 2.45) is 0 Å². The van der Waals surface area contributed by atoms with Crippen LogP contribution in [0.15, 0.2) is 54.6 Å². The number of anilines is 1. The first-order valence-electron chi connectivity index (χ1n) is 18.1. The highest BCUT2D eigenvalue weighted by atomic mass is 16.6. The Morgan fingerprint density at radius 2 is 0.759 bits per heavy atom. The normalized spacial score (nSPS) is 11.1. The van der Waals surface area contributed by atoms with Crippen LogP contribution in [0.5, 0.6) is 5.75 Å². The summed E-state index contributed by atoms with van der Waals surface area (Å²) in [7, 11) is 0. The molecule has 0 aliphatic carbocycles. The number of esters is 1. The molecule has 2 aromatic rings. The summed E-state index contributed by atoms with van der Waals surface area (Å²) < 4.78 is 65.1. The van der Waals surface area contributed by atoms with E-state index in [4.69, 9.17) is 56.8 Å². The van der Waals surface area contributed by atoms with Gasteiger partial charge in [-0.25, -0.2) is 4.79 Å². The van der Waals surface area contributed by atoms with Gasteiger partial charge in [0.15, 0.2) is 0 Å². The Morgan fingerprint density at radius 1 is 0.426 bits per heavy atom. The average Bonchev–Trinajstić information content (AvgIpc) is 3.18. The van der Waals surface area contributed by atoms with E-state index in [2.05, 4.69) is 5.32 Å². The standard InChI is InChI=1S/C38H57NO15/c1-33(40)39-35-7-9-36(10-8-35)53-31-29-51-27-25-49-23-21-47-19-17-45-15-13-43-11-12-44-14-16-46-18-20-48-22-24-50-26-28-52-30-32-54-38(42)37(41)34-5-3-2-4-6-34/h2-10H,11-32H2,1H3,(H,39,40). The SMILES string of the molecule is CC(=O)Nc1ccc(OCCOCCOCCOCCOCCOCCOCCOCCOCCOCCOCCOC(=O)C(=O)c2ccccc2)cc1. The van der Waals surface area contributed by atoms with E-state index in [1.54, 1.807) is 54.6 Å². The molecule has 54 heavy (non-hydrogen) atoms. The van der Waals surface area contributed by atoms with E-state index in [1.165, 1.54) is 6.92 Å². The summed E-state index contributed by atoms with van der Waals surface area (Å²) in [6, 6.07) is 15.4. The number of rotatable bonds is 37. The van der Waals surface area contributed by atoms with Crippen LogP contribution in [0.25, 0.3) is 0 Å². The molecule has 0 fully saturated rings. The van der Waals surface area contributed by atoms with E-state index in [9.17, 15) is 14.4 Å². The second-order valence-electron chi connectivity index (χ2n) is 11.0. The van der Waals surface area contributed by atoms with Gasteiger partial charge in [0.05, 0.1) is 132 Å². The van der Waals surface area contributed by atoms with Crippen LogP contribution < -0.4 is 10.1 Å². The molecular weight excluding hydrogens is 710 g/mol. The van der Waals surface area contributed by atoms with Gasteiger partial charge in [0.1, 0.15) is 19.0 Å². The summed E-state index contributed by atoms with van der Waals surface area (Å²) in [6.45, 7) is 10.6. The second kappa shape index (κ2) is 34.0. The zero-order valence-corrected chi connectivity index (χ0v) is 31.4. The number of benzene rings is 2. The van der Waals surface area contributed by atoms with Gasteiger partial charge >= 0.3 is 5.97 Å². The molecule has 304 valence electrons. The fraction of sp³-hybridized carbons (Fsp3) is 0.605. The highest BCUT2D eigenvalue weighted by molar-refractivity contribution is 6.40. The Hall–Kier alpha value is -3.55. The summed E-state index contributed by atoms with van der Waals surface area (Å²) in [5.74, 6) is -0.987. The third-order valence-electron chi connectivity index (χ3n) is 6.70. The van der Waals surface area contributed by atoms with Crippen LogP contribution in [-0.2, 0) is 61.7 Å². The molecule has 0 atom stereocenters. The molecule has 0 saturated heterocycles. The third-order valence-corrected chi connectivity index (χ3v) is 6.70. The van der Waals surface area contributed by atoms with Gasteiger partial charge in [-0.3, -0.25) is 9.59 Å². The molecule has 2 aromatic carbocycles. The number of hydrogen-bond donors (Lipinski definition) is 1.